The van der Waals surface area contributed by atoms with Gasteiger partial charge in [0.15, 0.2) is 0 Å². The Labute approximate surface area is 112 Å². The van der Waals surface area contributed by atoms with Crippen LogP contribution in [0.2, 0.25) is 0 Å². The third-order valence-corrected chi connectivity index (χ3v) is 4.03. The Morgan fingerprint density at radius 1 is 1.06 bits per heavy atom. The molecule has 1 aromatic heterocycles. The van der Waals surface area contributed by atoms with Crippen LogP contribution in [0.3, 0.4) is 0 Å². The molecule has 0 aliphatic rings. The van der Waals surface area contributed by atoms with E-state index in [0.717, 1.165) is 0 Å². The van der Waals surface area contributed by atoms with Crippen molar-refractivity contribution in [3.63, 3.8) is 0 Å². The van der Waals surface area contributed by atoms with Crippen molar-refractivity contribution < 1.29 is 0 Å². The molecule has 0 atom stereocenters. The number of nitrogens with zero attached hydrogens (tertiary/aromatic N) is 1. The van der Waals surface area contributed by atoms with Gasteiger partial charge in [-0.15, -0.1) is 0 Å². The van der Waals surface area contributed by atoms with Crippen molar-refractivity contribution in [1.82, 2.24) is 4.57 Å². The molecule has 0 aliphatic carbocycles. The Balaban J connectivity index is 0.000000771. The zero-order valence-electron chi connectivity index (χ0n) is 12.9. The summed E-state index contributed by atoms with van der Waals surface area (Å²) in [7, 11) is 2.13. The van der Waals surface area contributed by atoms with Crippen LogP contribution < -0.4 is 0 Å². The average Bonchev–Trinajstić information content (AvgIpc) is 2.70. The van der Waals surface area contributed by atoms with Crippen LogP contribution in [-0.2, 0) is 12.5 Å². The fourth-order valence-electron chi connectivity index (χ4n) is 2.17. The van der Waals surface area contributed by atoms with Gasteiger partial charge in [0.2, 0.25) is 0 Å². The van der Waals surface area contributed by atoms with E-state index in [9.17, 15) is 0 Å². The predicted octanol–water partition coefficient (Wildman–Crippen LogP) is 5.14. The molecule has 0 radical (unpaired) electrons. The fraction of sp³-hybridized carbons (Fsp3) is 0.529. The molecule has 0 N–H and O–H groups in total. The first-order chi connectivity index (χ1) is 8.44. The molecule has 1 nitrogen and oxygen atoms in total. The van der Waals surface area contributed by atoms with Gasteiger partial charge in [0.05, 0.1) is 0 Å². The van der Waals surface area contributed by atoms with Gasteiger partial charge in [0.25, 0.3) is 0 Å². The first-order valence-electron chi connectivity index (χ1n) is 6.99. The van der Waals surface area contributed by atoms with Crippen molar-refractivity contribution in [1.29, 1.82) is 0 Å². The summed E-state index contributed by atoms with van der Waals surface area (Å²) in [5.41, 5.74) is 3.01. The van der Waals surface area contributed by atoms with Crippen LogP contribution >= 0.6 is 0 Å². The van der Waals surface area contributed by atoms with E-state index in [0.29, 0.717) is 5.92 Å². The van der Waals surface area contributed by atoms with Gasteiger partial charge in [-0.05, 0) is 23.0 Å². The summed E-state index contributed by atoms with van der Waals surface area (Å²) in [6.07, 6.45) is 2.28. The standard InChI is InChI=1S/C15H21N.C2H6/c1-11(2)15(3,4)13-10-16(5)14-9-7-6-8-12(13)14;1-2/h6-11H,1-5H3;1-2H3. The van der Waals surface area contributed by atoms with Crippen LogP contribution in [0.4, 0.5) is 0 Å². The van der Waals surface area contributed by atoms with Gasteiger partial charge in [0, 0.05) is 24.1 Å². The van der Waals surface area contributed by atoms with E-state index in [1.54, 1.807) is 0 Å². The largest absolute Gasteiger partial charge is 0.350 e. The summed E-state index contributed by atoms with van der Waals surface area (Å²) in [5.74, 6) is 0.637. The van der Waals surface area contributed by atoms with Gasteiger partial charge >= 0.3 is 0 Å². The molecule has 100 valence electrons. The molecule has 0 bridgehead atoms. The fourth-order valence-corrected chi connectivity index (χ4v) is 2.17. The maximum atomic E-state index is 2.33. The van der Waals surface area contributed by atoms with Crippen LogP contribution in [0, 0.1) is 5.92 Å². The minimum atomic E-state index is 0.223. The molecule has 1 heteroatoms. The van der Waals surface area contributed by atoms with Gasteiger partial charge in [-0.3, -0.25) is 0 Å². The molecule has 0 aliphatic heterocycles. The monoisotopic (exact) mass is 245 g/mol. The first-order valence-corrected chi connectivity index (χ1v) is 6.99. The Bertz CT molecular complexity index is 503. The molecule has 0 amide bonds. The molecule has 0 spiro atoms. The summed E-state index contributed by atoms with van der Waals surface area (Å²) in [6, 6.07) is 8.65. The van der Waals surface area contributed by atoms with Crippen molar-refractivity contribution in [3.05, 3.63) is 36.0 Å². The first kappa shape index (κ1) is 14.8. The maximum Gasteiger partial charge on any atom is 0.0480 e. The van der Waals surface area contributed by atoms with E-state index >= 15 is 0 Å². The molecule has 1 heterocycles. The lowest BCUT2D eigenvalue weighted by Gasteiger charge is -2.29. The molecular weight excluding hydrogens is 218 g/mol. The summed E-state index contributed by atoms with van der Waals surface area (Å²) >= 11 is 0. The van der Waals surface area contributed by atoms with Gasteiger partial charge in [0.1, 0.15) is 0 Å². The summed E-state index contributed by atoms with van der Waals surface area (Å²) in [5, 5.41) is 1.39. The van der Waals surface area contributed by atoms with E-state index in [1.807, 2.05) is 13.8 Å². The highest BCUT2D eigenvalue weighted by Crippen LogP contribution is 2.36. The lowest BCUT2D eigenvalue weighted by molar-refractivity contribution is 0.374. The smallest absolute Gasteiger partial charge is 0.0480 e. The molecule has 0 unspecified atom stereocenters. The van der Waals surface area contributed by atoms with E-state index < -0.39 is 0 Å². The quantitative estimate of drug-likeness (QED) is 0.690. The number of para-hydroxylation sites is 1. The van der Waals surface area contributed by atoms with Crippen LogP contribution in [0.5, 0.6) is 0 Å². The molecule has 2 rings (SSSR count). The van der Waals surface area contributed by atoms with Crippen molar-refractivity contribution >= 4 is 10.9 Å². The third-order valence-electron chi connectivity index (χ3n) is 4.03. The second-order valence-corrected chi connectivity index (χ2v) is 5.55. The Morgan fingerprint density at radius 2 is 1.61 bits per heavy atom. The SMILES string of the molecule is CC.CC(C)C(C)(C)c1cn(C)c2ccccc12. The summed E-state index contributed by atoms with van der Waals surface area (Å²) < 4.78 is 2.23. The molecule has 1 aromatic carbocycles. The highest BCUT2D eigenvalue weighted by Gasteiger charge is 2.27. The maximum absolute atomic E-state index is 2.33. The van der Waals surface area contributed by atoms with Crippen molar-refractivity contribution in [3.8, 4) is 0 Å². The van der Waals surface area contributed by atoms with E-state index in [-0.39, 0.29) is 5.41 Å². The van der Waals surface area contributed by atoms with Gasteiger partial charge in [-0.1, -0.05) is 59.7 Å². The molecule has 18 heavy (non-hydrogen) atoms. The summed E-state index contributed by atoms with van der Waals surface area (Å²) in [4.78, 5) is 0. The van der Waals surface area contributed by atoms with Crippen molar-refractivity contribution in [2.45, 2.75) is 47.0 Å². The van der Waals surface area contributed by atoms with Gasteiger partial charge in [-0.25, -0.2) is 0 Å². The topological polar surface area (TPSA) is 4.93 Å². The van der Waals surface area contributed by atoms with Crippen LogP contribution in [-0.4, -0.2) is 4.57 Å². The molecular formula is C17H27N. The van der Waals surface area contributed by atoms with E-state index in [4.69, 9.17) is 0 Å². The second kappa shape index (κ2) is 5.60. The molecule has 2 aromatic rings. The van der Waals surface area contributed by atoms with E-state index in [2.05, 4.69) is 69.8 Å². The number of rotatable bonds is 2. The predicted molar refractivity (Wildman–Crippen MR) is 82.1 cm³/mol. The van der Waals surface area contributed by atoms with Crippen LogP contribution in [0.15, 0.2) is 30.5 Å². The minimum absolute atomic E-state index is 0.223. The second-order valence-electron chi connectivity index (χ2n) is 5.55. The zero-order chi connectivity index (χ0) is 13.9. The number of benzene rings is 1. The highest BCUT2D eigenvalue weighted by molar-refractivity contribution is 5.85. The Hall–Kier alpha value is -1.24. The number of fused-ring (bicyclic) bond motifs is 1. The summed E-state index contributed by atoms with van der Waals surface area (Å²) in [6.45, 7) is 13.3. The minimum Gasteiger partial charge on any atom is -0.350 e. The Morgan fingerprint density at radius 3 is 2.17 bits per heavy atom. The lowest BCUT2D eigenvalue weighted by Crippen LogP contribution is -2.23. The molecule has 0 saturated carbocycles. The third kappa shape index (κ3) is 2.45. The zero-order valence-corrected chi connectivity index (χ0v) is 12.9. The van der Waals surface area contributed by atoms with Crippen LogP contribution in [0.25, 0.3) is 10.9 Å². The van der Waals surface area contributed by atoms with Crippen LogP contribution in [0.1, 0.15) is 47.1 Å². The normalized spacial score (nSPS) is 11.6. The van der Waals surface area contributed by atoms with Gasteiger partial charge in [-0.2, -0.15) is 0 Å². The average molecular weight is 245 g/mol. The molecule has 0 saturated heterocycles. The molecule has 0 fully saturated rings. The number of hydrogen-bond donors (Lipinski definition) is 0. The van der Waals surface area contributed by atoms with E-state index in [1.165, 1.54) is 16.5 Å². The lowest BCUT2D eigenvalue weighted by atomic mass is 9.75. The number of hydrogen-bond acceptors (Lipinski definition) is 0. The number of aromatic nitrogens is 1. The van der Waals surface area contributed by atoms with Gasteiger partial charge < -0.3 is 4.57 Å². The van der Waals surface area contributed by atoms with Crippen molar-refractivity contribution in [2.24, 2.45) is 13.0 Å². The number of aryl methyl sites for hydroxylation is 1. The van der Waals surface area contributed by atoms with Crippen molar-refractivity contribution in [2.75, 3.05) is 0 Å². The highest BCUT2D eigenvalue weighted by atomic mass is 14.9. The Kier molecular flexibility index (Phi) is 4.61.